The Morgan fingerprint density at radius 2 is 1.97 bits per heavy atom. The molecule has 0 bridgehead atoms. The third-order valence-electron chi connectivity index (χ3n) is 6.42. The van der Waals surface area contributed by atoms with Crippen molar-refractivity contribution < 1.29 is 14.3 Å². The second-order valence-electron chi connectivity index (χ2n) is 7.96. The summed E-state index contributed by atoms with van der Waals surface area (Å²) >= 11 is 0. The number of ether oxygens (including phenoxy) is 1. The number of likely N-dealkylation sites (tertiary alicyclic amines) is 1. The van der Waals surface area contributed by atoms with Crippen LogP contribution < -0.4 is 11.2 Å². The van der Waals surface area contributed by atoms with E-state index in [1.54, 1.807) is 4.90 Å². The van der Waals surface area contributed by atoms with Crippen LogP contribution in [-0.2, 0) is 20.9 Å². The molecule has 1 aromatic carbocycles. The first-order valence-corrected chi connectivity index (χ1v) is 10.1. The Bertz CT molecular complexity index is 1110. The molecule has 3 aliphatic heterocycles. The minimum absolute atomic E-state index is 0.000655. The van der Waals surface area contributed by atoms with Crippen LogP contribution in [0.25, 0.3) is 0 Å². The molecule has 3 atom stereocenters. The number of hydrogen-bond acceptors (Lipinski definition) is 5. The van der Waals surface area contributed by atoms with Crippen LogP contribution in [0.1, 0.15) is 30.9 Å². The monoisotopic (exact) mass is 410 g/mol. The van der Waals surface area contributed by atoms with Crippen LogP contribution in [0.5, 0.6) is 0 Å². The lowest BCUT2D eigenvalue weighted by atomic mass is 10.0. The maximum atomic E-state index is 12.9. The molecule has 9 nitrogen and oxygen atoms in total. The van der Waals surface area contributed by atoms with Gasteiger partial charge in [-0.05, 0) is 5.56 Å². The van der Waals surface area contributed by atoms with Gasteiger partial charge in [0.25, 0.3) is 5.56 Å². The van der Waals surface area contributed by atoms with Gasteiger partial charge >= 0.3 is 5.69 Å². The first-order valence-electron chi connectivity index (χ1n) is 10.1. The zero-order chi connectivity index (χ0) is 20.9. The zero-order valence-corrected chi connectivity index (χ0v) is 16.3. The third kappa shape index (κ3) is 2.80. The summed E-state index contributed by atoms with van der Waals surface area (Å²) in [5.41, 5.74) is -0.743. The molecule has 5 rings (SSSR count). The van der Waals surface area contributed by atoms with Gasteiger partial charge in [-0.1, -0.05) is 30.3 Å². The van der Waals surface area contributed by atoms with Crippen LogP contribution in [0.15, 0.2) is 52.2 Å². The molecule has 3 aliphatic rings. The summed E-state index contributed by atoms with van der Waals surface area (Å²) in [7, 11) is 0. The molecular formula is C21H22N4O5. The van der Waals surface area contributed by atoms with Crippen molar-refractivity contribution in [1.29, 1.82) is 0 Å². The van der Waals surface area contributed by atoms with E-state index in [2.05, 4.69) is 4.98 Å². The molecule has 1 N–H and O–H groups in total. The fraction of sp³-hybridized carbons (Fsp3) is 0.429. The lowest BCUT2D eigenvalue weighted by Gasteiger charge is -2.33. The molecule has 1 aromatic heterocycles. The fourth-order valence-electron chi connectivity index (χ4n) is 5.04. The normalized spacial score (nSPS) is 27.4. The molecule has 4 heterocycles. The van der Waals surface area contributed by atoms with Crippen molar-refractivity contribution in [3.05, 3.63) is 69.0 Å². The maximum Gasteiger partial charge on any atom is 0.328 e. The van der Waals surface area contributed by atoms with Crippen molar-refractivity contribution in [2.45, 2.75) is 43.6 Å². The fourth-order valence-corrected chi connectivity index (χ4v) is 5.04. The highest BCUT2D eigenvalue weighted by molar-refractivity contribution is 5.85. The Hall–Kier alpha value is -3.20. The van der Waals surface area contributed by atoms with E-state index in [0.717, 1.165) is 5.56 Å². The Morgan fingerprint density at radius 1 is 1.17 bits per heavy atom. The highest BCUT2D eigenvalue weighted by Crippen LogP contribution is 2.51. The number of H-pyrrole nitrogens is 1. The van der Waals surface area contributed by atoms with Gasteiger partial charge in [0, 0.05) is 38.2 Å². The topological polar surface area (TPSA) is 105 Å². The van der Waals surface area contributed by atoms with Gasteiger partial charge < -0.3 is 19.1 Å². The molecule has 3 saturated heterocycles. The van der Waals surface area contributed by atoms with Crippen LogP contribution in [0.4, 0.5) is 0 Å². The van der Waals surface area contributed by atoms with Crippen LogP contribution in [0.2, 0.25) is 0 Å². The van der Waals surface area contributed by atoms with Crippen molar-refractivity contribution in [3.8, 4) is 0 Å². The van der Waals surface area contributed by atoms with Crippen molar-refractivity contribution in [1.82, 2.24) is 19.4 Å². The Balaban J connectivity index is 1.33. The molecule has 3 fully saturated rings. The smallest absolute Gasteiger partial charge is 0.328 e. The van der Waals surface area contributed by atoms with E-state index in [1.807, 2.05) is 35.2 Å². The summed E-state index contributed by atoms with van der Waals surface area (Å²) in [6.45, 7) is 1.09. The maximum absolute atomic E-state index is 12.9. The minimum atomic E-state index is -0.762. The molecule has 0 aliphatic carbocycles. The Morgan fingerprint density at radius 3 is 2.73 bits per heavy atom. The Kier molecular flexibility index (Phi) is 4.35. The number of aromatic amines is 1. The zero-order valence-electron chi connectivity index (χ0n) is 16.3. The number of nitrogens with zero attached hydrogens (tertiary/aromatic N) is 3. The van der Waals surface area contributed by atoms with E-state index >= 15 is 0 Å². The van der Waals surface area contributed by atoms with Gasteiger partial charge in [0.1, 0.15) is 0 Å². The molecule has 2 aromatic rings. The number of hydrogen-bond donors (Lipinski definition) is 1. The second kappa shape index (κ2) is 6.94. The number of aryl methyl sites for hydroxylation is 1. The number of benzene rings is 1. The van der Waals surface area contributed by atoms with E-state index in [0.29, 0.717) is 19.6 Å². The number of nitrogens with one attached hydrogen (secondary N) is 1. The van der Waals surface area contributed by atoms with Gasteiger partial charge in [0.05, 0.1) is 25.1 Å². The number of amides is 2. The SMILES string of the molecule is O=C(CCn1ccc(=O)[nH]c1=O)N1CC[C@@]23OC[C@@H](c4ccccc4)N2C(=O)C[C@@H]13. The summed E-state index contributed by atoms with van der Waals surface area (Å²) < 4.78 is 7.52. The molecule has 9 heteroatoms. The average molecular weight is 410 g/mol. The molecule has 156 valence electrons. The number of carbonyl (C=O) groups excluding carboxylic acids is 2. The van der Waals surface area contributed by atoms with Gasteiger partial charge in [-0.25, -0.2) is 4.79 Å². The van der Waals surface area contributed by atoms with Crippen LogP contribution >= 0.6 is 0 Å². The van der Waals surface area contributed by atoms with Gasteiger partial charge in [0.15, 0.2) is 5.72 Å². The van der Waals surface area contributed by atoms with Crippen molar-refractivity contribution in [2.75, 3.05) is 13.2 Å². The van der Waals surface area contributed by atoms with Crippen LogP contribution in [0.3, 0.4) is 0 Å². The quantitative estimate of drug-likeness (QED) is 0.777. The largest absolute Gasteiger partial charge is 0.351 e. The predicted octanol–water partition coefficient (Wildman–Crippen LogP) is 0.228. The van der Waals surface area contributed by atoms with E-state index in [1.165, 1.54) is 16.8 Å². The second-order valence-corrected chi connectivity index (χ2v) is 7.96. The lowest BCUT2D eigenvalue weighted by Crippen LogP contribution is -2.49. The summed E-state index contributed by atoms with van der Waals surface area (Å²) in [6, 6.07) is 10.6. The van der Waals surface area contributed by atoms with Gasteiger partial charge in [-0.2, -0.15) is 0 Å². The van der Waals surface area contributed by atoms with E-state index < -0.39 is 17.0 Å². The van der Waals surface area contributed by atoms with Crippen molar-refractivity contribution in [2.24, 2.45) is 0 Å². The Labute approximate surface area is 171 Å². The first-order chi connectivity index (χ1) is 14.5. The van der Waals surface area contributed by atoms with Crippen molar-refractivity contribution in [3.63, 3.8) is 0 Å². The standard InChI is InChI=1S/C21H22N4O5/c26-17-6-9-23(20(29)22-17)10-7-18(27)24-11-8-21-16(24)12-19(28)25(21)15(13-30-21)14-4-2-1-3-5-14/h1-6,9,15-16H,7-8,10-13H2,(H,22,26,29)/t15-,16+,21-/m0/s1. The average Bonchev–Trinajstić information content (AvgIpc) is 3.37. The number of carbonyl (C=O) groups is 2. The number of aromatic nitrogens is 2. The molecule has 0 radical (unpaired) electrons. The summed E-state index contributed by atoms with van der Waals surface area (Å²) in [5, 5.41) is 0. The third-order valence-corrected chi connectivity index (χ3v) is 6.42. The predicted molar refractivity (Wildman–Crippen MR) is 105 cm³/mol. The van der Waals surface area contributed by atoms with Crippen LogP contribution in [-0.4, -0.2) is 56.1 Å². The van der Waals surface area contributed by atoms with E-state index in [4.69, 9.17) is 4.74 Å². The molecule has 0 saturated carbocycles. The summed E-state index contributed by atoms with van der Waals surface area (Å²) in [6.07, 6.45) is 2.31. The van der Waals surface area contributed by atoms with Crippen LogP contribution in [0, 0.1) is 0 Å². The van der Waals surface area contributed by atoms with Gasteiger partial charge in [-0.3, -0.25) is 19.4 Å². The van der Waals surface area contributed by atoms with Crippen molar-refractivity contribution >= 4 is 11.8 Å². The molecule has 1 spiro atoms. The van der Waals surface area contributed by atoms with Gasteiger partial charge in [0.2, 0.25) is 11.8 Å². The minimum Gasteiger partial charge on any atom is -0.351 e. The van der Waals surface area contributed by atoms with E-state index in [-0.39, 0.29) is 43.3 Å². The molecule has 2 amide bonds. The van der Waals surface area contributed by atoms with Gasteiger partial charge in [-0.15, -0.1) is 0 Å². The highest BCUT2D eigenvalue weighted by Gasteiger charge is 2.65. The molecule has 0 unspecified atom stereocenters. The number of rotatable bonds is 4. The summed E-state index contributed by atoms with van der Waals surface area (Å²) in [4.78, 5) is 54.6. The highest BCUT2D eigenvalue weighted by atomic mass is 16.5. The molecular weight excluding hydrogens is 388 g/mol. The van der Waals surface area contributed by atoms with E-state index in [9.17, 15) is 19.2 Å². The summed E-state index contributed by atoms with van der Waals surface area (Å²) in [5.74, 6) is -0.128. The molecule has 30 heavy (non-hydrogen) atoms. The lowest BCUT2D eigenvalue weighted by molar-refractivity contribution is -0.141. The first kappa shape index (κ1) is 18.8.